The molecule has 0 aliphatic carbocycles. The van der Waals surface area contributed by atoms with E-state index in [0.717, 1.165) is 29.9 Å². The van der Waals surface area contributed by atoms with Gasteiger partial charge in [0.2, 0.25) is 5.91 Å². The van der Waals surface area contributed by atoms with Gasteiger partial charge in [0, 0.05) is 30.6 Å². The lowest BCUT2D eigenvalue weighted by Crippen LogP contribution is -2.34. The van der Waals surface area contributed by atoms with E-state index in [-0.39, 0.29) is 30.8 Å². The highest BCUT2D eigenvalue weighted by atomic mass is 19.1. The first-order valence-corrected chi connectivity index (χ1v) is 8.73. The Hall–Kier alpha value is -2.70. The van der Waals surface area contributed by atoms with E-state index in [0.29, 0.717) is 12.1 Å². The Labute approximate surface area is 151 Å². The van der Waals surface area contributed by atoms with Crippen molar-refractivity contribution < 1.29 is 18.5 Å². The van der Waals surface area contributed by atoms with E-state index in [1.807, 2.05) is 18.7 Å². The minimum absolute atomic E-state index is 0.00749. The van der Waals surface area contributed by atoms with Gasteiger partial charge in [-0.25, -0.2) is 4.39 Å². The lowest BCUT2D eigenvalue weighted by Gasteiger charge is -2.25. The molecule has 2 heterocycles. The maximum Gasteiger partial charge on any atom is 0.251 e. The van der Waals surface area contributed by atoms with Gasteiger partial charge >= 0.3 is 0 Å². The molecule has 2 amide bonds. The maximum absolute atomic E-state index is 12.9. The summed E-state index contributed by atoms with van der Waals surface area (Å²) in [6, 6.07) is 5.29. The van der Waals surface area contributed by atoms with Crippen LogP contribution in [-0.2, 0) is 4.79 Å². The summed E-state index contributed by atoms with van der Waals surface area (Å²) in [6.07, 6.45) is 2.03. The second kappa shape index (κ2) is 7.68. The molecule has 1 aliphatic heterocycles. The molecule has 1 N–H and O–H groups in total. The Morgan fingerprint density at radius 2 is 2.04 bits per heavy atom. The number of hydrogen-bond acceptors (Lipinski definition) is 4. The number of nitrogens with zero attached hydrogens (tertiary/aromatic N) is 2. The van der Waals surface area contributed by atoms with Crippen LogP contribution in [0.5, 0.6) is 0 Å². The minimum atomic E-state index is -0.392. The lowest BCUT2D eigenvalue weighted by atomic mass is 10.0. The summed E-state index contributed by atoms with van der Waals surface area (Å²) in [4.78, 5) is 26.5. The third-order valence-corrected chi connectivity index (χ3v) is 4.73. The SMILES string of the molecule is Cc1noc(C)c1[C@@H]1CCCN1C(=O)CCNC(=O)c1ccc(F)cc1. The number of hydrogen-bond donors (Lipinski definition) is 1. The Bertz CT molecular complexity index is 781. The summed E-state index contributed by atoms with van der Waals surface area (Å²) >= 11 is 0. The van der Waals surface area contributed by atoms with Crippen molar-refractivity contribution >= 4 is 11.8 Å². The predicted molar refractivity (Wildman–Crippen MR) is 93.0 cm³/mol. The molecule has 7 heteroatoms. The Kier molecular flexibility index (Phi) is 5.35. The third kappa shape index (κ3) is 3.76. The fourth-order valence-electron chi connectivity index (χ4n) is 3.46. The van der Waals surface area contributed by atoms with Crippen LogP contribution in [0.1, 0.15) is 52.7 Å². The van der Waals surface area contributed by atoms with E-state index in [4.69, 9.17) is 4.52 Å². The molecule has 3 rings (SSSR count). The minimum Gasteiger partial charge on any atom is -0.361 e. The Morgan fingerprint density at radius 3 is 2.69 bits per heavy atom. The first-order chi connectivity index (χ1) is 12.5. The van der Waals surface area contributed by atoms with Crippen molar-refractivity contribution in [3.05, 3.63) is 52.7 Å². The monoisotopic (exact) mass is 359 g/mol. The van der Waals surface area contributed by atoms with Crippen molar-refractivity contribution in [1.29, 1.82) is 0 Å². The van der Waals surface area contributed by atoms with Crippen LogP contribution in [0.4, 0.5) is 4.39 Å². The number of likely N-dealkylation sites (tertiary alicyclic amines) is 1. The number of aromatic nitrogens is 1. The zero-order valence-corrected chi connectivity index (χ0v) is 14.9. The molecule has 26 heavy (non-hydrogen) atoms. The van der Waals surface area contributed by atoms with Gasteiger partial charge in [-0.05, 0) is 51.0 Å². The number of amides is 2. The summed E-state index contributed by atoms with van der Waals surface area (Å²) in [5.74, 6) is 0.0290. The van der Waals surface area contributed by atoms with Crippen LogP contribution in [0, 0.1) is 19.7 Å². The van der Waals surface area contributed by atoms with Crippen molar-refractivity contribution in [1.82, 2.24) is 15.4 Å². The number of benzene rings is 1. The zero-order chi connectivity index (χ0) is 18.7. The number of nitrogens with one attached hydrogen (secondary N) is 1. The molecule has 0 bridgehead atoms. The third-order valence-electron chi connectivity index (χ3n) is 4.73. The van der Waals surface area contributed by atoms with Crippen molar-refractivity contribution in [3.63, 3.8) is 0 Å². The number of carbonyl (C=O) groups excluding carboxylic acids is 2. The molecule has 0 saturated carbocycles. The van der Waals surface area contributed by atoms with E-state index in [9.17, 15) is 14.0 Å². The quantitative estimate of drug-likeness (QED) is 0.891. The molecule has 6 nitrogen and oxygen atoms in total. The smallest absolute Gasteiger partial charge is 0.251 e. The average Bonchev–Trinajstić information content (AvgIpc) is 3.21. The van der Waals surface area contributed by atoms with Gasteiger partial charge in [0.1, 0.15) is 11.6 Å². The van der Waals surface area contributed by atoms with Gasteiger partial charge in [0.05, 0.1) is 11.7 Å². The van der Waals surface area contributed by atoms with E-state index >= 15 is 0 Å². The molecular formula is C19H22FN3O3. The molecule has 0 radical (unpaired) electrons. The number of carbonyl (C=O) groups is 2. The maximum atomic E-state index is 12.9. The molecular weight excluding hydrogens is 337 g/mol. The molecule has 1 aliphatic rings. The molecule has 2 aromatic rings. The Morgan fingerprint density at radius 1 is 1.31 bits per heavy atom. The van der Waals surface area contributed by atoms with Crippen LogP contribution in [0.15, 0.2) is 28.8 Å². The van der Waals surface area contributed by atoms with E-state index < -0.39 is 5.82 Å². The summed E-state index contributed by atoms with van der Waals surface area (Å²) < 4.78 is 18.1. The number of halogens is 1. The average molecular weight is 359 g/mol. The molecule has 1 saturated heterocycles. The van der Waals surface area contributed by atoms with Crippen LogP contribution in [0.2, 0.25) is 0 Å². The summed E-state index contributed by atoms with van der Waals surface area (Å²) in [5, 5.41) is 6.69. The highest BCUT2D eigenvalue weighted by Gasteiger charge is 2.33. The van der Waals surface area contributed by atoms with Gasteiger partial charge in [-0.15, -0.1) is 0 Å². The van der Waals surface area contributed by atoms with Crippen molar-refractivity contribution in [2.75, 3.05) is 13.1 Å². The number of aryl methyl sites for hydroxylation is 2. The van der Waals surface area contributed by atoms with Crippen LogP contribution in [0.25, 0.3) is 0 Å². The van der Waals surface area contributed by atoms with E-state index in [1.54, 1.807) is 0 Å². The second-order valence-electron chi connectivity index (χ2n) is 6.50. The van der Waals surface area contributed by atoms with Crippen LogP contribution < -0.4 is 5.32 Å². The van der Waals surface area contributed by atoms with Crippen molar-refractivity contribution in [2.24, 2.45) is 0 Å². The summed E-state index contributed by atoms with van der Waals surface area (Å²) in [7, 11) is 0. The first-order valence-electron chi connectivity index (χ1n) is 8.73. The highest BCUT2D eigenvalue weighted by molar-refractivity contribution is 5.94. The Balaban J connectivity index is 1.56. The van der Waals surface area contributed by atoms with E-state index in [1.165, 1.54) is 24.3 Å². The standard InChI is InChI=1S/C19H22FN3O3/c1-12-18(13(2)26-22-12)16-4-3-11-23(16)17(24)9-10-21-19(25)14-5-7-15(20)8-6-14/h5-8,16H,3-4,9-11H2,1-2H3,(H,21,25)/t16-/m0/s1. The van der Waals surface area contributed by atoms with Gasteiger partial charge in [0.25, 0.3) is 5.91 Å². The van der Waals surface area contributed by atoms with E-state index in [2.05, 4.69) is 10.5 Å². The van der Waals surface area contributed by atoms with Crippen LogP contribution in [-0.4, -0.2) is 35.0 Å². The van der Waals surface area contributed by atoms with Crippen molar-refractivity contribution in [3.8, 4) is 0 Å². The second-order valence-corrected chi connectivity index (χ2v) is 6.50. The van der Waals surface area contributed by atoms with Crippen molar-refractivity contribution in [2.45, 2.75) is 39.2 Å². The number of rotatable bonds is 5. The topological polar surface area (TPSA) is 75.4 Å². The summed E-state index contributed by atoms with van der Waals surface area (Å²) in [5.41, 5.74) is 2.18. The largest absolute Gasteiger partial charge is 0.361 e. The van der Waals surface area contributed by atoms with Gasteiger partial charge in [-0.3, -0.25) is 9.59 Å². The van der Waals surface area contributed by atoms with Gasteiger partial charge in [0.15, 0.2) is 0 Å². The zero-order valence-electron chi connectivity index (χ0n) is 14.9. The van der Waals surface area contributed by atoms with Gasteiger partial charge in [-0.1, -0.05) is 5.16 Å². The predicted octanol–water partition coefficient (Wildman–Crippen LogP) is 2.91. The molecule has 1 fully saturated rings. The molecule has 1 aromatic carbocycles. The highest BCUT2D eigenvalue weighted by Crippen LogP contribution is 2.35. The normalized spacial score (nSPS) is 16.7. The lowest BCUT2D eigenvalue weighted by molar-refractivity contribution is -0.132. The molecule has 0 spiro atoms. The van der Waals surface area contributed by atoms with Crippen LogP contribution >= 0.6 is 0 Å². The fraction of sp³-hybridized carbons (Fsp3) is 0.421. The van der Waals surface area contributed by atoms with Gasteiger partial charge in [-0.2, -0.15) is 0 Å². The molecule has 1 aromatic heterocycles. The van der Waals surface area contributed by atoms with Crippen LogP contribution in [0.3, 0.4) is 0 Å². The molecule has 1 atom stereocenters. The summed E-state index contributed by atoms with van der Waals surface area (Å²) in [6.45, 7) is 4.67. The molecule has 0 unspecified atom stereocenters. The molecule has 138 valence electrons. The van der Waals surface area contributed by atoms with Gasteiger partial charge < -0.3 is 14.7 Å². The fourth-order valence-corrected chi connectivity index (χ4v) is 3.46. The first kappa shape index (κ1) is 18.1.